The molecule has 3 aromatic rings. The normalized spacial score (nSPS) is 10.2. The Morgan fingerprint density at radius 3 is 2.00 bits per heavy atom. The van der Waals surface area contributed by atoms with Crippen molar-refractivity contribution in [3.63, 3.8) is 0 Å². The lowest BCUT2D eigenvalue weighted by Crippen LogP contribution is -2.30. The molecule has 4 heteroatoms. The van der Waals surface area contributed by atoms with Gasteiger partial charge in [0.05, 0.1) is 5.69 Å². The van der Waals surface area contributed by atoms with Gasteiger partial charge in [0, 0.05) is 5.56 Å². The molecule has 108 valence electrons. The van der Waals surface area contributed by atoms with Crippen LogP contribution in [0, 0.1) is 0 Å². The van der Waals surface area contributed by atoms with Crippen LogP contribution in [0.3, 0.4) is 0 Å². The molecule has 0 atom stereocenters. The number of nitrogen functional groups attached to an aromatic ring is 1. The van der Waals surface area contributed by atoms with E-state index >= 15 is 0 Å². The molecular weight excluding hydrogens is 274 g/mol. The van der Waals surface area contributed by atoms with Crippen LogP contribution in [0.2, 0.25) is 0 Å². The minimum atomic E-state index is -0.407. The van der Waals surface area contributed by atoms with Gasteiger partial charge in [0.25, 0.3) is 5.91 Å². The predicted octanol–water partition coefficient (Wildman–Crippen LogP) is 3.02. The molecule has 1 aromatic heterocycles. The van der Waals surface area contributed by atoms with Crippen LogP contribution >= 0.6 is 0 Å². The average Bonchev–Trinajstić information content (AvgIpc) is 2.62. The third-order valence-corrected chi connectivity index (χ3v) is 3.37. The summed E-state index contributed by atoms with van der Waals surface area (Å²) in [6, 6.07) is 23.3. The summed E-state index contributed by atoms with van der Waals surface area (Å²) in [5.74, 6) is 4.83. The van der Waals surface area contributed by atoms with Gasteiger partial charge in [-0.25, -0.2) is 10.8 Å². The molecule has 0 saturated carbocycles. The monoisotopic (exact) mass is 289 g/mol. The molecule has 3 N–H and O–H groups in total. The fourth-order valence-corrected chi connectivity index (χ4v) is 2.27. The average molecular weight is 289 g/mol. The number of aromatic nitrogens is 1. The van der Waals surface area contributed by atoms with E-state index in [0.29, 0.717) is 5.69 Å². The van der Waals surface area contributed by atoms with Crippen molar-refractivity contribution in [2.24, 2.45) is 5.84 Å². The minimum absolute atomic E-state index is 0.294. The number of carbonyl (C=O) groups is 1. The Morgan fingerprint density at radius 1 is 0.818 bits per heavy atom. The highest BCUT2D eigenvalue weighted by Crippen LogP contribution is 2.25. The van der Waals surface area contributed by atoms with Crippen LogP contribution in [0.1, 0.15) is 10.5 Å². The molecular formula is C18H15N3O. The van der Waals surface area contributed by atoms with Crippen LogP contribution in [0.5, 0.6) is 0 Å². The van der Waals surface area contributed by atoms with Crippen LogP contribution in [0.15, 0.2) is 72.8 Å². The molecule has 4 nitrogen and oxygen atoms in total. The van der Waals surface area contributed by atoms with Crippen molar-refractivity contribution < 1.29 is 4.79 Å². The van der Waals surface area contributed by atoms with Gasteiger partial charge in [0.15, 0.2) is 0 Å². The number of nitrogens with one attached hydrogen (secondary N) is 1. The number of amides is 1. The number of benzene rings is 2. The predicted molar refractivity (Wildman–Crippen MR) is 86.8 cm³/mol. The minimum Gasteiger partial charge on any atom is -0.289 e. The van der Waals surface area contributed by atoms with Crippen molar-refractivity contribution in [2.45, 2.75) is 0 Å². The molecule has 0 spiro atoms. The van der Waals surface area contributed by atoms with Crippen LogP contribution in [-0.2, 0) is 0 Å². The second kappa shape index (κ2) is 6.20. The Kier molecular flexibility index (Phi) is 3.94. The van der Waals surface area contributed by atoms with Crippen LogP contribution in [-0.4, -0.2) is 10.9 Å². The number of rotatable bonds is 3. The van der Waals surface area contributed by atoms with Gasteiger partial charge in [-0.3, -0.25) is 10.2 Å². The highest BCUT2D eigenvalue weighted by molar-refractivity contribution is 5.94. The molecule has 0 saturated heterocycles. The molecule has 1 heterocycles. The van der Waals surface area contributed by atoms with Crippen molar-refractivity contribution in [3.8, 4) is 22.4 Å². The van der Waals surface area contributed by atoms with Gasteiger partial charge in [0.1, 0.15) is 5.69 Å². The first-order valence-electron chi connectivity index (χ1n) is 6.92. The molecule has 3 rings (SSSR count). The Bertz CT molecular complexity index is 728. The van der Waals surface area contributed by atoms with E-state index in [2.05, 4.69) is 10.4 Å². The second-order valence-corrected chi connectivity index (χ2v) is 4.83. The van der Waals surface area contributed by atoms with Gasteiger partial charge in [-0.05, 0) is 23.3 Å². The van der Waals surface area contributed by atoms with Crippen LogP contribution < -0.4 is 11.3 Å². The lowest BCUT2D eigenvalue weighted by atomic mass is 10.0. The van der Waals surface area contributed by atoms with Gasteiger partial charge in [-0.2, -0.15) is 0 Å². The second-order valence-electron chi connectivity index (χ2n) is 4.83. The summed E-state index contributed by atoms with van der Waals surface area (Å²) >= 11 is 0. The molecule has 0 aliphatic rings. The first-order chi connectivity index (χ1) is 10.8. The maximum Gasteiger partial charge on any atom is 0.283 e. The Balaban J connectivity index is 2.17. The van der Waals surface area contributed by atoms with Gasteiger partial charge in [-0.15, -0.1) is 0 Å². The largest absolute Gasteiger partial charge is 0.289 e. The fraction of sp³-hybridized carbons (Fsp3) is 0. The summed E-state index contributed by atoms with van der Waals surface area (Å²) in [6.45, 7) is 0. The smallest absolute Gasteiger partial charge is 0.283 e. The summed E-state index contributed by atoms with van der Waals surface area (Å²) in [5.41, 5.74) is 6.06. The first-order valence-corrected chi connectivity index (χ1v) is 6.92. The Hall–Kier alpha value is -2.98. The van der Waals surface area contributed by atoms with E-state index in [9.17, 15) is 4.79 Å². The zero-order chi connectivity index (χ0) is 15.4. The van der Waals surface area contributed by atoms with Crippen molar-refractivity contribution in [2.75, 3.05) is 0 Å². The highest BCUT2D eigenvalue weighted by Gasteiger charge is 2.11. The number of hydrogen-bond donors (Lipinski definition) is 2. The van der Waals surface area contributed by atoms with E-state index in [1.54, 1.807) is 6.07 Å². The summed E-state index contributed by atoms with van der Waals surface area (Å²) in [6.07, 6.45) is 0. The van der Waals surface area contributed by atoms with Gasteiger partial charge in [-0.1, -0.05) is 60.7 Å². The maximum atomic E-state index is 11.9. The van der Waals surface area contributed by atoms with E-state index < -0.39 is 5.91 Å². The lowest BCUT2D eigenvalue weighted by molar-refractivity contribution is 0.0949. The summed E-state index contributed by atoms with van der Waals surface area (Å²) in [7, 11) is 0. The van der Waals surface area contributed by atoms with Crippen molar-refractivity contribution in [3.05, 3.63) is 78.5 Å². The molecule has 0 radical (unpaired) electrons. The topological polar surface area (TPSA) is 68.0 Å². The molecule has 2 aromatic carbocycles. The third-order valence-electron chi connectivity index (χ3n) is 3.37. The summed E-state index contributed by atoms with van der Waals surface area (Å²) in [5, 5.41) is 0. The standard InChI is InChI=1S/C18H15N3O/c19-21-18(22)17-12-15(13-7-3-1-4-8-13)11-16(20-17)14-9-5-2-6-10-14/h1-12H,19H2,(H,21,22). The summed E-state index contributed by atoms with van der Waals surface area (Å²) < 4.78 is 0. The number of pyridine rings is 1. The van der Waals surface area contributed by atoms with Crippen LogP contribution in [0.4, 0.5) is 0 Å². The fourth-order valence-electron chi connectivity index (χ4n) is 2.27. The molecule has 0 fully saturated rings. The van der Waals surface area contributed by atoms with Gasteiger partial charge < -0.3 is 0 Å². The zero-order valence-corrected chi connectivity index (χ0v) is 11.9. The molecule has 0 unspecified atom stereocenters. The zero-order valence-electron chi connectivity index (χ0n) is 11.9. The van der Waals surface area contributed by atoms with Crippen molar-refractivity contribution in [1.82, 2.24) is 10.4 Å². The number of nitrogens with zero attached hydrogens (tertiary/aromatic N) is 1. The molecule has 0 aliphatic heterocycles. The Labute approximate surface area is 128 Å². The van der Waals surface area contributed by atoms with E-state index in [0.717, 1.165) is 22.4 Å². The SMILES string of the molecule is NNC(=O)c1cc(-c2ccccc2)cc(-c2ccccc2)n1. The van der Waals surface area contributed by atoms with Crippen molar-refractivity contribution >= 4 is 5.91 Å². The van der Waals surface area contributed by atoms with Gasteiger partial charge in [0.2, 0.25) is 0 Å². The Morgan fingerprint density at radius 2 is 1.41 bits per heavy atom. The van der Waals surface area contributed by atoms with Crippen LogP contribution in [0.25, 0.3) is 22.4 Å². The first kappa shape index (κ1) is 14.0. The number of nitrogens with two attached hydrogens (primary N) is 1. The number of hydrogen-bond acceptors (Lipinski definition) is 3. The third kappa shape index (κ3) is 2.87. The van der Waals surface area contributed by atoms with Crippen molar-refractivity contribution in [1.29, 1.82) is 0 Å². The van der Waals surface area contributed by atoms with E-state index in [-0.39, 0.29) is 0 Å². The lowest BCUT2D eigenvalue weighted by Gasteiger charge is -2.09. The highest BCUT2D eigenvalue weighted by atomic mass is 16.2. The van der Waals surface area contributed by atoms with E-state index in [4.69, 9.17) is 5.84 Å². The number of carbonyl (C=O) groups excluding carboxylic acids is 1. The molecule has 0 aliphatic carbocycles. The molecule has 22 heavy (non-hydrogen) atoms. The quantitative estimate of drug-likeness (QED) is 0.442. The van der Waals surface area contributed by atoms with E-state index in [1.165, 1.54) is 0 Å². The summed E-state index contributed by atoms with van der Waals surface area (Å²) in [4.78, 5) is 16.3. The maximum absolute atomic E-state index is 11.9. The number of hydrazine groups is 1. The van der Waals surface area contributed by atoms with Gasteiger partial charge >= 0.3 is 0 Å². The molecule has 0 bridgehead atoms. The van der Waals surface area contributed by atoms with E-state index in [1.807, 2.05) is 66.7 Å². The molecule has 1 amide bonds.